The first-order valence-electron chi connectivity index (χ1n) is 4.57. The van der Waals surface area contributed by atoms with E-state index in [0.717, 1.165) is 0 Å². The summed E-state index contributed by atoms with van der Waals surface area (Å²) in [5, 5.41) is 29.3. The number of halogens is 1. The first kappa shape index (κ1) is 13.4. The van der Waals surface area contributed by atoms with E-state index in [0.29, 0.717) is 10.7 Å². The van der Waals surface area contributed by atoms with Gasteiger partial charge in [-0.15, -0.1) is 0 Å². The molecule has 0 saturated heterocycles. The zero-order chi connectivity index (χ0) is 13.0. The molecule has 0 aliphatic heterocycles. The highest BCUT2D eigenvalue weighted by Gasteiger charge is 2.29. The number of aliphatic hydroxyl groups excluding tert-OH is 2. The average molecular weight is 260 g/mol. The molecule has 7 heteroatoms. The molecule has 17 heavy (non-hydrogen) atoms. The molecule has 1 aromatic rings. The maximum Gasteiger partial charge on any atom is 0.335 e. The molecule has 6 nitrogen and oxygen atoms in total. The van der Waals surface area contributed by atoms with Gasteiger partial charge < -0.3 is 20.6 Å². The largest absolute Gasteiger partial charge is 0.479 e. The minimum Gasteiger partial charge on any atom is -0.479 e. The molecule has 0 saturated carbocycles. The van der Waals surface area contributed by atoms with Gasteiger partial charge in [0.25, 0.3) is 5.91 Å². The summed E-state index contributed by atoms with van der Waals surface area (Å²) in [6, 6.07) is 5.97. The van der Waals surface area contributed by atoms with Gasteiger partial charge in [-0.05, 0) is 24.3 Å². The molecule has 0 aliphatic rings. The van der Waals surface area contributed by atoms with Crippen LogP contribution in [0, 0.1) is 0 Å². The van der Waals surface area contributed by atoms with Crippen LogP contribution in [0.1, 0.15) is 0 Å². The number of carboxylic acid groups (broad SMARTS) is 1. The molecule has 0 bridgehead atoms. The number of amides is 1. The fraction of sp³-hybridized carbons (Fsp3) is 0.200. The molecule has 0 radical (unpaired) electrons. The number of anilines is 1. The van der Waals surface area contributed by atoms with Gasteiger partial charge in [0.2, 0.25) is 0 Å². The molecule has 0 heterocycles. The van der Waals surface area contributed by atoms with Gasteiger partial charge in [0.1, 0.15) is 0 Å². The Morgan fingerprint density at radius 3 is 2.12 bits per heavy atom. The number of carbonyl (C=O) groups is 2. The van der Waals surface area contributed by atoms with Crippen molar-refractivity contribution in [2.45, 2.75) is 12.2 Å². The second-order valence-electron chi connectivity index (χ2n) is 3.22. The summed E-state index contributed by atoms with van der Waals surface area (Å²) in [5.41, 5.74) is 0.330. The van der Waals surface area contributed by atoms with Crippen LogP contribution < -0.4 is 5.32 Å². The SMILES string of the molecule is O=C(O)[C@H](O)[C@@H](O)C(=O)Nc1ccc(Cl)cc1. The summed E-state index contributed by atoms with van der Waals surface area (Å²) in [4.78, 5) is 21.7. The lowest BCUT2D eigenvalue weighted by Gasteiger charge is -2.13. The summed E-state index contributed by atoms with van der Waals surface area (Å²) in [6.07, 6.45) is -4.20. The quantitative estimate of drug-likeness (QED) is 0.613. The molecular weight excluding hydrogens is 250 g/mol. The zero-order valence-electron chi connectivity index (χ0n) is 8.50. The Labute approximate surface area is 101 Å². The van der Waals surface area contributed by atoms with Gasteiger partial charge in [-0.2, -0.15) is 0 Å². The fourth-order valence-electron chi connectivity index (χ4n) is 1.03. The zero-order valence-corrected chi connectivity index (χ0v) is 9.26. The number of nitrogens with one attached hydrogen (secondary N) is 1. The number of benzene rings is 1. The van der Waals surface area contributed by atoms with Crippen molar-refractivity contribution < 1.29 is 24.9 Å². The van der Waals surface area contributed by atoms with Gasteiger partial charge in [0.15, 0.2) is 12.2 Å². The minimum absolute atomic E-state index is 0.330. The molecule has 1 amide bonds. The van der Waals surface area contributed by atoms with E-state index >= 15 is 0 Å². The van der Waals surface area contributed by atoms with Crippen LogP contribution in [-0.4, -0.2) is 39.4 Å². The van der Waals surface area contributed by atoms with E-state index in [2.05, 4.69) is 5.32 Å². The summed E-state index contributed by atoms with van der Waals surface area (Å²) in [7, 11) is 0. The third-order valence-corrected chi connectivity index (χ3v) is 2.18. The van der Waals surface area contributed by atoms with E-state index in [9.17, 15) is 14.7 Å². The Morgan fingerprint density at radius 1 is 1.12 bits per heavy atom. The van der Waals surface area contributed by atoms with E-state index in [-0.39, 0.29) is 0 Å². The molecule has 1 aromatic carbocycles. The fourth-order valence-corrected chi connectivity index (χ4v) is 1.15. The van der Waals surface area contributed by atoms with Crippen LogP contribution in [0.25, 0.3) is 0 Å². The maximum absolute atomic E-state index is 11.3. The third kappa shape index (κ3) is 3.70. The molecular formula is C10H10ClNO5. The van der Waals surface area contributed by atoms with Crippen molar-refractivity contribution in [3.05, 3.63) is 29.3 Å². The van der Waals surface area contributed by atoms with Crippen molar-refractivity contribution >= 4 is 29.2 Å². The Hall–Kier alpha value is -1.63. The smallest absolute Gasteiger partial charge is 0.335 e. The maximum atomic E-state index is 11.3. The van der Waals surface area contributed by atoms with Crippen LogP contribution in [-0.2, 0) is 9.59 Å². The first-order valence-corrected chi connectivity index (χ1v) is 4.95. The van der Waals surface area contributed by atoms with Crippen LogP contribution in [0.3, 0.4) is 0 Å². The highest BCUT2D eigenvalue weighted by atomic mass is 35.5. The molecule has 0 aliphatic carbocycles. The highest BCUT2D eigenvalue weighted by Crippen LogP contribution is 2.13. The Balaban J connectivity index is 2.66. The van der Waals surface area contributed by atoms with E-state index in [1.807, 2.05) is 0 Å². The summed E-state index contributed by atoms with van der Waals surface area (Å²) in [5.74, 6) is -2.69. The Morgan fingerprint density at radius 2 is 1.65 bits per heavy atom. The molecule has 4 N–H and O–H groups in total. The lowest BCUT2D eigenvalue weighted by Crippen LogP contribution is -2.42. The lowest BCUT2D eigenvalue weighted by atomic mass is 10.2. The van der Waals surface area contributed by atoms with Crippen molar-refractivity contribution in [3.8, 4) is 0 Å². The van der Waals surface area contributed by atoms with Gasteiger partial charge in [-0.1, -0.05) is 11.6 Å². The molecule has 0 spiro atoms. The molecule has 0 fully saturated rings. The van der Waals surface area contributed by atoms with E-state index in [4.69, 9.17) is 21.8 Å². The van der Waals surface area contributed by atoms with Crippen LogP contribution >= 0.6 is 11.6 Å². The normalized spacial score (nSPS) is 13.8. The number of hydrogen-bond acceptors (Lipinski definition) is 4. The van der Waals surface area contributed by atoms with Crippen LogP contribution in [0.4, 0.5) is 5.69 Å². The Bertz CT molecular complexity index is 419. The standard InChI is InChI=1S/C10H10ClNO5/c11-5-1-3-6(4-2-5)12-9(15)7(13)8(14)10(16)17/h1-4,7-8,13-14H,(H,12,15)(H,16,17)/t7-,8-/m1/s1. The number of rotatable bonds is 4. The van der Waals surface area contributed by atoms with Crippen molar-refractivity contribution in [2.24, 2.45) is 0 Å². The lowest BCUT2D eigenvalue weighted by molar-refractivity contribution is -0.156. The number of carbonyl (C=O) groups excluding carboxylic acids is 1. The number of aliphatic hydroxyl groups is 2. The molecule has 0 aromatic heterocycles. The summed E-state index contributed by atoms with van der Waals surface area (Å²) < 4.78 is 0. The number of hydrogen-bond donors (Lipinski definition) is 4. The first-order chi connectivity index (χ1) is 7.91. The highest BCUT2D eigenvalue weighted by molar-refractivity contribution is 6.30. The summed E-state index contributed by atoms with van der Waals surface area (Å²) >= 11 is 5.62. The number of carboxylic acids is 1. The van der Waals surface area contributed by atoms with E-state index in [1.54, 1.807) is 0 Å². The van der Waals surface area contributed by atoms with Crippen LogP contribution in [0.5, 0.6) is 0 Å². The second-order valence-corrected chi connectivity index (χ2v) is 3.66. The number of aliphatic carboxylic acids is 1. The topological polar surface area (TPSA) is 107 Å². The summed E-state index contributed by atoms with van der Waals surface area (Å²) in [6.45, 7) is 0. The van der Waals surface area contributed by atoms with Crippen molar-refractivity contribution in [2.75, 3.05) is 5.32 Å². The predicted octanol–water partition coefficient (Wildman–Crippen LogP) is 0.0849. The Kier molecular flexibility index (Phi) is 4.45. The molecule has 92 valence electrons. The van der Waals surface area contributed by atoms with E-state index in [1.165, 1.54) is 24.3 Å². The third-order valence-electron chi connectivity index (χ3n) is 1.93. The van der Waals surface area contributed by atoms with Crippen molar-refractivity contribution in [1.29, 1.82) is 0 Å². The van der Waals surface area contributed by atoms with Crippen molar-refractivity contribution in [1.82, 2.24) is 0 Å². The van der Waals surface area contributed by atoms with Gasteiger partial charge in [0.05, 0.1) is 0 Å². The average Bonchev–Trinajstić information content (AvgIpc) is 2.30. The predicted molar refractivity (Wildman–Crippen MR) is 59.7 cm³/mol. The van der Waals surface area contributed by atoms with Crippen LogP contribution in [0.2, 0.25) is 5.02 Å². The molecule has 0 unspecified atom stereocenters. The van der Waals surface area contributed by atoms with Gasteiger partial charge in [-0.3, -0.25) is 4.79 Å². The molecule has 2 atom stereocenters. The molecule has 1 rings (SSSR count). The van der Waals surface area contributed by atoms with Gasteiger partial charge in [-0.25, -0.2) is 4.79 Å². The van der Waals surface area contributed by atoms with Gasteiger partial charge in [0, 0.05) is 10.7 Å². The second kappa shape index (κ2) is 5.62. The minimum atomic E-state index is -2.16. The van der Waals surface area contributed by atoms with Gasteiger partial charge >= 0.3 is 5.97 Å². The van der Waals surface area contributed by atoms with Crippen molar-refractivity contribution in [3.63, 3.8) is 0 Å². The van der Waals surface area contributed by atoms with E-state index < -0.39 is 24.1 Å². The van der Waals surface area contributed by atoms with Crippen LogP contribution in [0.15, 0.2) is 24.3 Å². The monoisotopic (exact) mass is 259 g/mol.